The Morgan fingerprint density at radius 2 is 2.19 bits per heavy atom. The molecule has 3 heterocycles. The molecule has 0 bridgehead atoms. The summed E-state index contributed by atoms with van der Waals surface area (Å²) in [5.41, 5.74) is 0.644. The summed E-state index contributed by atoms with van der Waals surface area (Å²) in [7, 11) is 0. The zero-order chi connectivity index (χ0) is 17.8. The fourth-order valence-electron chi connectivity index (χ4n) is 4.38. The molecule has 1 unspecified atom stereocenters. The van der Waals surface area contributed by atoms with Gasteiger partial charge in [0.25, 0.3) is 5.91 Å². The van der Waals surface area contributed by atoms with Gasteiger partial charge in [0.2, 0.25) is 0 Å². The van der Waals surface area contributed by atoms with Crippen LogP contribution in [0.25, 0.3) is 0 Å². The van der Waals surface area contributed by atoms with Crippen molar-refractivity contribution in [1.29, 1.82) is 0 Å². The second-order valence-electron chi connectivity index (χ2n) is 7.68. The smallest absolute Gasteiger partial charge is 0.271 e. The molecule has 1 aliphatic heterocycles. The van der Waals surface area contributed by atoms with Gasteiger partial charge >= 0.3 is 0 Å². The topological polar surface area (TPSA) is 59.0 Å². The highest BCUT2D eigenvalue weighted by Gasteiger charge is 2.35. The highest BCUT2D eigenvalue weighted by molar-refractivity contribution is 7.10. The molecule has 26 heavy (non-hydrogen) atoms. The lowest BCUT2D eigenvalue weighted by molar-refractivity contribution is 0.0931. The quantitative estimate of drug-likeness (QED) is 0.844. The van der Waals surface area contributed by atoms with Gasteiger partial charge in [0.05, 0.1) is 6.04 Å². The number of nitrogens with zero attached hydrogens (tertiary/aromatic N) is 2. The van der Waals surface area contributed by atoms with Crippen molar-refractivity contribution in [2.24, 2.45) is 0 Å². The zero-order valence-electron chi connectivity index (χ0n) is 15.2. The molecule has 2 aromatic heterocycles. The molecule has 4 rings (SSSR count). The van der Waals surface area contributed by atoms with Gasteiger partial charge in [-0.15, -0.1) is 11.3 Å². The van der Waals surface area contributed by atoms with Gasteiger partial charge in [0.15, 0.2) is 0 Å². The Morgan fingerprint density at radius 1 is 1.31 bits per heavy atom. The highest BCUT2D eigenvalue weighted by Crippen LogP contribution is 2.41. The average molecular weight is 373 g/mol. The molecular weight excluding hydrogens is 344 g/mol. The Hall–Kier alpha value is -1.66. The van der Waals surface area contributed by atoms with Crippen LogP contribution in [-0.2, 0) is 5.41 Å². The van der Waals surface area contributed by atoms with Crippen molar-refractivity contribution in [3.8, 4) is 0 Å². The number of amides is 1. The van der Waals surface area contributed by atoms with Crippen LogP contribution in [0, 0.1) is 0 Å². The van der Waals surface area contributed by atoms with Crippen LogP contribution in [0.1, 0.15) is 66.4 Å². The normalized spacial score (nSPS) is 22.8. The second kappa shape index (κ2) is 7.92. The monoisotopic (exact) mass is 372 g/mol. The zero-order valence-corrected chi connectivity index (χ0v) is 16.1. The van der Waals surface area contributed by atoms with Crippen LogP contribution in [0.5, 0.6) is 0 Å². The summed E-state index contributed by atoms with van der Waals surface area (Å²) in [4.78, 5) is 14.1. The summed E-state index contributed by atoms with van der Waals surface area (Å²) >= 11 is 1.82. The first kappa shape index (κ1) is 17.7. The number of hydrogen-bond acceptors (Lipinski definition) is 4. The first-order valence-electron chi connectivity index (χ1n) is 9.85. The molecular formula is C20H28N4OS. The van der Waals surface area contributed by atoms with Gasteiger partial charge in [-0.3, -0.25) is 9.48 Å². The van der Waals surface area contributed by atoms with Crippen molar-refractivity contribution >= 4 is 17.2 Å². The fraction of sp³-hybridized carbons (Fsp3) is 0.600. The van der Waals surface area contributed by atoms with Gasteiger partial charge in [-0.1, -0.05) is 25.3 Å². The molecule has 1 atom stereocenters. The number of thiophene rings is 1. The summed E-state index contributed by atoms with van der Waals surface area (Å²) in [6.45, 7) is 2.73. The van der Waals surface area contributed by atoms with Crippen LogP contribution < -0.4 is 10.6 Å². The standard InChI is InChI=1S/C20H28N4OS/c25-19(17-8-12-24(23-17)16-6-4-11-21-14-16)22-15-20(9-2-1-3-10-20)18-7-5-13-26-18/h5,7-8,12-13,16,21H,1-4,6,9-11,14-15H2,(H,22,25). The minimum Gasteiger partial charge on any atom is -0.350 e. The van der Waals surface area contributed by atoms with Crippen LogP contribution >= 0.6 is 11.3 Å². The predicted octanol–water partition coefficient (Wildman–Crippen LogP) is 3.50. The highest BCUT2D eigenvalue weighted by atomic mass is 32.1. The maximum atomic E-state index is 12.7. The molecule has 1 aliphatic carbocycles. The SMILES string of the molecule is O=C(NCC1(c2cccs2)CCCCC1)c1ccn(C2CCCNC2)n1. The molecule has 2 aliphatic rings. The lowest BCUT2D eigenvalue weighted by atomic mass is 9.73. The Labute approximate surface area is 159 Å². The molecule has 1 amide bonds. The molecule has 2 aromatic rings. The maximum absolute atomic E-state index is 12.7. The lowest BCUT2D eigenvalue weighted by Crippen LogP contribution is -2.42. The van der Waals surface area contributed by atoms with E-state index in [9.17, 15) is 4.79 Å². The summed E-state index contributed by atoms with van der Waals surface area (Å²) in [5.74, 6) is -0.0472. The Bertz CT molecular complexity index is 712. The van der Waals surface area contributed by atoms with E-state index in [1.165, 1.54) is 24.1 Å². The average Bonchev–Trinajstić information content (AvgIpc) is 3.40. The van der Waals surface area contributed by atoms with E-state index in [0.717, 1.165) is 38.8 Å². The summed E-state index contributed by atoms with van der Waals surface area (Å²) < 4.78 is 1.96. The summed E-state index contributed by atoms with van der Waals surface area (Å²) in [6.07, 6.45) is 10.4. The Kier molecular flexibility index (Phi) is 5.41. The first-order valence-corrected chi connectivity index (χ1v) is 10.7. The molecule has 0 radical (unpaired) electrons. The van der Waals surface area contributed by atoms with Crippen LogP contribution in [0.3, 0.4) is 0 Å². The van der Waals surface area contributed by atoms with Gasteiger partial charge in [-0.05, 0) is 49.7 Å². The van der Waals surface area contributed by atoms with E-state index in [2.05, 4.69) is 33.2 Å². The van der Waals surface area contributed by atoms with Gasteiger partial charge in [0, 0.05) is 29.6 Å². The molecule has 2 N–H and O–H groups in total. The van der Waals surface area contributed by atoms with Crippen LogP contribution in [0.15, 0.2) is 29.8 Å². The lowest BCUT2D eigenvalue weighted by Gasteiger charge is -2.36. The molecule has 1 saturated carbocycles. The molecule has 140 valence electrons. The number of carbonyl (C=O) groups excluding carboxylic acids is 1. The van der Waals surface area contributed by atoms with E-state index in [4.69, 9.17) is 0 Å². The molecule has 6 heteroatoms. The maximum Gasteiger partial charge on any atom is 0.271 e. The number of aromatic nitrogens is 2. The van der Waals surface area contributed by atoms with Crippen LogP contribution in [-0.4, -0.2) is 35.3 Å². The molecule has 5 nitrogen and oxygen atoms in total. The minimum absolute atomic E-state index is 0.0472. The van der Waals surface area contributed by atoms with Crippen molar-refractivity contribution < 1.29 is 4.79 Å². The summed E-state index contributed by atoms with van der Waals surface area (Å²) in [5, 5.41) is 13.3. The van der Waals surface area contributed by atoms with E-state index in [-0.39, 0.29) is 11.3 Å². The van der Waals surface area contributed by atoms with E-state index in [1.54, 1.807) is 0 Å². The van der Waals surface area contributed by atoms with Crippen molar-refractivity contribution in [3.05, 3.63) is 40.3 Å². The number of rotatable bonds is 5. The number of hydrogen-bond donors (Lipinski definition) is 2. The number of piperidine rings is 1. The van der Waals surface area contributed by atoms with Crippen LogP contribution in [0.2, 0.25) is 0 Å². The molecule has 0 spiro atoms. The number of carbonyl (C=O) groups is 1. The van der Waals surface area contributed by atoms with E-state index < -0.39 is 0 Å². The van der Waals surface area contributed by atoms with Crippen LogP contribution in [0.4, 0.5) is 0 Å². The second-order valence-corrected chi connectivity index (χ2v) is 8.63. The molecule has 2 fully saturated rings. The molecule has 0 aromatic carbocycles. The third kappa shape index (κ3) is 3.71. The largest absolute Gasteiger partial charge is 0.350 e. The van der Waals surface area contributed by atoms with Gasteiger partial charge in [0.1, 0.15) is 5.69 Å². The van der Waals surface area contributed by atoms with E-state index in [0.29, 0.717) is 18.3 Å². The van der Waals surface area contributed by atoms with Gasteiger partial charge < -0.3 is 10.6 Å². The van der Waals surface area contributed by atoms with Gasteiger partial charge in [-0.2, -0.15) is 5.10 Å². The third-order valence-corrected chi connectivity index (χ3v) is 7.04. The fourth-order valence-corrected chi connectivity index (χ4v) is 5.37. The first-order chi connectivity index (χ1) is 12.8. The van der Waals surface area contributed by atoms with E-state index >= 15 is 0 Å². The number of nitrogens with one attached hydrogen (secondary N) is 2. The van der Waals surface area contributed by atoms with Crippen molar-refractivity contribution in [1.82, 2.24) is 20.4 Å². The predicted molar refractivity (Wildman–Crippen MR) is 105 cm³/mol. The Balaban J connectivity index is 1.42. The van der Waals surface area contributed by atoms with Crippen molar-refractivity contribution in [2.45, 2.75) is 56.4 Å². The van der Waals surface area contributed by atoms with Crippen molar-refractivity contribution in [2.75, 3.05) is 19.6 Å². The Morgan fingerprint density at radius 3 is 2.92 bits per heavy atom. The van der Waals surface area contributed by atoms with Gasteiger partial charge in [-0.25, -0.2) is 0 Å². The molecule has 1 saturated heterocycles. The minimum atomic E-state index is -0.0472. The third-order valence-electron chi connectivity index (χ3n) is 5.93. The summed E-state index contributed by atoms with van der Waals surface area (Å²) in [6, 6.07) is 6.56. The van der Waals surface area contributed by atoms with Crippen molar-refractivity contribution in [3.63, 3.8) is 0 Å². The van der Waals surface area contributed by atoms with E-state index in [1.807, 2.05) is 28.3 Å².